The second-order valence-electron chi connectivity index (χ2n) is 4.41. The smallest absolute Gasteiger partial charge is 0.269 e. The van der Waals surface area contributed by atoms with Gasteiger partial charge in [-0.25, -0.2) is 0 Å². The normalized spacial score (nSPS) is 11.9. The third-order valence-electron chi connectivity index (χ3n) is 3.02. The van der Waals surface area contributed by atoms with Crippen LogP contribution in [0.25, 0.3) is 0 Å². The molecule has 1 unspecified atom stereocenters. The van der Waals surface area contributed by atoms with Gasteiger partial charge in [-0.05, 0) is 18.0 Å². The van der Waals surface area contributed by atoms with Crippen LogP contribution in [0.4, 0.5) is 5.69 Å². The van der Waals surface area contributed by atoms with Crippen LogP contribution in [0.1, 0.15) is 25.3 Å². The molecule has 1 aromatic carbocycles. The van der Waals surface area contributed by atoms with Gasteiger partial charge in [-0.15, -0.1) is 0 Å². The minimum atomic E-state index is -0.449. The van der Waals surface area contributed by atoms with Gasteiger partial charge >= 0.3 is 0 Å². The molecule has 0 saturated heterocycles. The van der Waals surface area contributed by atoms with Gasteiger partial charge in [0.15, 0.2) is 0 Å². The molecule has 0 aliphatic carbocycles. The fourth-order valence-electron chi connectivity index (χ4n) is 1.66. The summed E-state index contributed by atoms with van der Waals surface area (Å²) in [6.07, 6.45) is 1.29. The Bertz CT molecular complexity index is 427. The molecule has 1 amide bonds. The molecular formula is C13H19N3O3. The van der Waals surface area contributed by atoms with Crippen LogP contribution in [0, 0.1) is 16.0 Å². The van der Waals surface area contributed by atoms with Crippen molar-refractivity contribution in [1.82, 2.24) is 5.32 Å². The van der Waals surface area contributed by atoms with Crippen LogP contribution in [-0.2, 0) is 11.3 Å². The third kappa shape index (κ3) is 5.05. The quantitative estimate of drug-likeness (QED) is 0.577. The summed E-state index contributed by atoms with van der Waals surface area (Å²) in [4.78, 5) is 21.7. The van der Waals surface area contributed by atoms with Gasteiger partial charge in [-0.3, -0.25) is 14.9 Å². The van der Waals surface area contributed by atoms with Crippen molar-refractivity contribution in [2.24, 2.45) is 11.7 Å². The molecule has 19 heavy (non-hydrogen) atoms. The van der Waals surface area contributed by atoms with E-state index in [9.17, 15) is 14.9 Å². The molecule has 0 aliphatic rings. The Labute approximate surface area is 112 Å². The molecule has 3 N–H and O–H groups in total. The van der Waals surface area contributed by atoms with Gasteiger partial charge in [0.2, 0.25) is 5.91 Å². The van der Waals surface area contributed by atoms with Gasteiger partial charge in [-0.1, -0.05) is 25.5 Å². The van der Waals surface area contributed by atoms with Gasteiger partial charge in [0.1, 0.15) is 0 Å². The number of amides is 1. The molecule has 1 atom stereocenters. The lowest BCUT2D eigenvalue weighted by Crippen LogP contribution is -2.27. The Morgan fingerprint density at radius 1 is 1.42 bits per heavy atom. The Kier molecular flexibility index (Phi) is 5.95. The second kappa shape index (κ2) is 7.48. The largest absolute Gasteiger partial charge is 0.352 e. The number of nitrogens with zero attached hydrogens (tertiary/aromatic N) is 1. The van der Waals surface area contributed by atoms with Gasteiger partial charge < -0.3 is 11.1 Å². The van der Waals surface area contributed by atoms with Crippen molar-refractivity contribution in [3.8, 4) is 0 Å². The SMILES string of the molecule is CCC(CN)CC(=O)NCc1ccc([N+](=O)[O-])cc1. The monoisotopic (exact) mass is 265 g/mol. The molecule has 0 fully saturated rings. The second-order valence-corrected chi connectivity index (χ2v) is 4.41. The van der Waals surface area contributed by atoms with Gasteiger partial charge in [0, 0.05) is 25.1 Å². The maximum absolute atomic E-state index is 11.6. The lowest BCUT2D eigenvalue weighted by molar-refractivity contribution is -0.384. The summed E-state index contributed by atoms with van der Waals surface area (Å²) in [6, 6.07) is 6.13. The van der Waals surface area contributed by atoms with E-state index in [4.69, 9.17) is 5.73 Å². The number of carbonyl (C=O) groups excluding carboxylic acids is 1. The van der Waals surface area contributed by atoms with Crippen LogP contribution in [0.2, 0.25) is 0 Å². The minimum absolute atomic E-state index is 0.0456. The van der Waals surface area contributed by atoms with E-state index in [0.29, 0.717) is 19.5 Å². The molecule has 1 aromatic rings. The standard InChI is InChI=1S/C13H19N3O3/c1-2-10(8-14)7-13(17)15-9-11-3-5-12(6-4-11)16(18)19/h3-6,10H,2,7-9,14H2,1H3,(H,15,17). The fourth-order valence-corrected chi connectivity index (χ4v) is 1.66. The average molecular weight is 265 g/mol. The van der Waals surface area contributed by atoms with Gasteiger partial charge in [0.05, 0.1) is 4.92 Å². The van der Waals surface area contributed by atoms with Crippen LogP contribution in [-0.4, -0.2) is 17.4 Å². The van der Waals surface area contributed by atoms with Crippen molar-refractivity contribution in [3.05, 3.63) is 39.9 Å². The molecule has 0 aromatic heterocycles. The molecule has 0 spiro atoms. The summed E-state index contributed by atoms with van der Waals surface area (Å²) in [5.74, 6) is 0.160. The fraction of sp³-hybridized carbons (Fsp3) is 0.462. The molecule has 6 nitrogen and oxygen atoms in total. The number of carbonyl (C=O) groups is 1. The van der Waals surface area contributed by atoms with Gasteiger partial charge in [0.25, 0.3) is 5.69 Å². The highest BCUT2D eigenvalue weighted by Crippen LogP contribution is 2.12. The van der Waals surface area contributed by atoms with E-state index in [2.05, 4.69) is 5.32 Å². The highest BCUT2D eigenvalue weighted by Gasteiger charge is 2.10. The zero-order chi connectivity index (χ0) is 14.3. The molecule has 104 valence electrons. The number of rotatable bonds is 7. The van der Waals surface area contributed by atoms with E-state index in [1.165, 1.54) is 12.1 Å². The van der Waals surface area contributed by atoms with Crippen molar-refractivity contribution in [2.75, 3.05) is 6.54 Å². The molecule has 0 aliphatic heterocycles. The Balaban J connectivity index is 2.43. The molecular weight excluding hydrogens is 246 g/mol. The van der Waals surface area contributed by atoms with E-state index < -0.39 is 4.92 Å². The highest BCUT2D eigenvalue weighted by molar-refractivity contribution is 5.76. The molecule has 0 heterocycles. The molecule has 6 heteroatoms. The number of nitro benzene ring substituents is 1. The molecule has 0 saturated carbocycles. The summed E-state index contributed by atoms with van der Waals surface area (Å²) >= 11 is 0. The first-order chi connectivity index (χ1) is 9.06. The molecule has 1 rings (SSSR count). The number of nitrogens with two attached hydrogens (primary N) is 1. The number of hydrogen-bond donors (Lipinski definition) is 2. The van der Waals surface area contributed by atoms with Gasteiger partial charge in [-0.2, -0.15) is 0 Å². The van der Waals surface area contributed by atoms with Crippen LogP contribution >= 0.6 is 0 Å². The predicted molar refractivity (Wildman–Crippen MR) is 72.4 cm³/mol. The maximum atomic E-state index is 11.6. The number of nitrogens with one attached hydrogen (secondary N) is 1. The average Bonchev–Trinajstić information content (AvgIpc) is 2.43. The van der Waals surface area contributed by atoms with E-state index in [0.717, 1.165) is 12.0 Å². The Morgan fingerprint density at radius 2 is 2.05 bits per heavy atom. The highest BCUT2D eigenvalue weighted by atomic mass is 16.6. The third-order valence-corrected chi connectivity index (χ3v) is 3.02. The number of benzene rings is 1. The first-order valence-electron chi connectivity index (χ1n) is 6.27. The van der Waals surface area contributed by atoms with Crippen LogP contribution in [0.5, 0.6) is 0 Å². The molecule has 0 bridgehead atoms. The van der Waals surface area contributed by atoms with Crippen molar-refractivity contribution in [1.29, 1.82) is 0 Å². The minimum Gasteiger partial charge on any atom is -0.352 e. The summed E-state index contributed by atoms with van der Waals surface area (Å²) < 4.78 is 0. The zero-order valence-electron chi connectivity index (χ0n) is 11.0. The topological polar surface area (TPSA) is 98.3 Å². The first kappa shape index (κ1) is 15.1. The van der Waals surface area contributed by atoms with E-state index >= 15 is 0 Å². The zero-order valence-corrected chi connectivity index (χ0v) is 11.0. The van der Waals surface area contributed by atoms with E-state index in [1.54, 1.807) is 12.1 Å². The summed E-state index contributed by atoms with van der Waals surface area (Å²) in [5, 5.41) is 13.3. The van der Waals surface area contributed by atoms with Crippen molar-refractivity contribution >= 4 is 11.6 Å². The van der Waals surface area contributed by atoms with Crippen LogP contribution in [0.3, 0.4) is 0 Å². The van der Waals surface area contributed by atoms with E-state index in [-0.39, 0.29) is 17.5 Å². The van der Waals surface area contributed by atoms with Crippen molar-refractivity contribution in [2.45, 2.75) is 26.3 Å². The Morgan fingerprint density at radius 3 is 2.53 bits per heavy atom. The Hall–Kier alpha value is -1.95. The van der Waals surface area contributed by atoms with Crippen LogP contribution in [0.15, 0.2) is 24.3 Å². The number of nitro groups is 1. The molecule has 0 radical (unpaired) electrons. The lowest BCUT2D eigenvalue weighted by Gasteiger charge is -2.11. The van der Waals surface area contributed by atoms with E-state index in [1.807, 2.05) is 6.92 Å². The predicted octanol–water partition coefficient (Wildman–Crippen LogP) is 1.59. The number of hydrogen-bond acceptors (Lipinski definition) is 4. The van der Waals surface area contributed by atoms with Crippen molar-refractivity contribution < 1.29 is 9.72 Å². The summed E-state index contributed by atoms with van der Waals surface area (Å²) in [5.41, 5.74) is 6.42. The first-order valence-corrected chi connectivity index (χ1v) is 6.27. The summed E-state index contributed by atoms with van der Waals surface area (Å²) in [7, 11) is 0. The number of non-ortho nitro benzene ring substituents is 1. The van der Waals surface area contributed by atoms with Crippen LogP contribution < -0.4 is 11.1 Å². The maximum Gasteiger partial charge on any atom is 0.269 e. The lowest BCUT2D eigenvalue weighted by atomic mass is 10.0. The summed E-state index contributed by atoms with van der Waals surface area (Å²) in [6.45, 7) is 2.88. The van der Waals surface area contributed by atoms with Crippen molar-refractivity contribution in [3.63, 3.8) is 0 Å².